The number of methoxy groups -OCH3 is 1. The van der Waals surface area contributed by atoms with Gasteiger partial charge in [0.25, 0.3) is 0 Å². The fourth-order valence-corrected chi connectivity index (χ4v) is 2.42. The van der Waals surface area contributed by atoms with Gasteiger partial charge in [0.2, 0.25) is 0 Å². The predicted molar refractivity (Wildman–Crippen MR) is 76.4 cm³/mol. The van der Waals surface area contributed by atoms with Gasteiger partial charge in [0.1, 0.15) is 5.82 Å². The van der Waals surface area contributed by atoms with Crippen LogP contribution in [0.3, 0.4) is 0 Å². The van der Waals surface area contributed by atoms with Crippen molar-refractivity contribution in [3.63, 3.8) is 0 Å². The Bertz CT molecular complexity index is 360. The highest BCUT2D eigenvalue weighted by Crippen LogP contribution is 2.18. The maximum Gasteiger partial charge on any atom is 0.137 e. The summed E-state index contributed by atoms with van der Waals surface area (Å²) in [6, 6.07) is 5.64. The van der Waals surface area contributed by atoms with Crippen LogP contribution >= 0.6 is 15.9 Å². The molecule has 0 aliphatic carbocycles. The molecule has 1 aromatic carbocycles. The fourth-order valence-electron chi connectivity index (χ4n) is 1.99. The maximum absolute atomic E-state index is 13.2. The zero-order valence-corrected chi connectivity index (χ0v) is 12.6. The summed E-state index contributed by atoms with van der Waals surface area (Å²) in [4.78, 5) is 0. The zero-order valence-electron chi connectivity index (χ0n) is 11.0. The van der Waals surface area contributed by atoms with Crippen LogP contribution in [0.4, 0.5) is 4.39 Å². The fraction of sp³-hybridized carbons (Fsp3) is 0.571. The number of rotatable bonds is 8. The number of likely N-dealkylation sites (N-methyl/N-ethyl adjacent to an activating group) is 1. The third kappa shape index (κ3) is 5.46. The quantitative estimate of drug-likeness (QED) is 0.740. The summed E-state index contributed by atoms with van der Waals surface area (Å²) < 4.78 is 18.8. The van der Waals surface area contributed by atoms with Crippen molar-refractivity contribution in [2.45, 2.75) is 32.2 Å². The Kier molecular flexibility index (Phi) is 7.47. The molecule has 0 aromatic heterocycles. The topological polar surface area (TPSA) is 21.3 Å². The minimum atomic E-state index is -0.210. The molecule has 0 saturated carbocycles. The van der Waals surface area contributed by atoms with Gasteiger partial charge in [-0.25, -0.2) is 4.39 Å². The van der Waals surface area contributed by atoms with E-state index in [1.807, 2.05) is 12.1 Å². The number of hydrogen-bond acceptors (Lipinski definition) is 2. The minimum Gasteiger partial charge on any atom is -0.385 e. The van der Waals surface area contributed by atoms with Gasteiger partial charge in [-0.2, -0.15) is 0 Å². The molecule has 0 fully saturated rings. The average Bonchev–Trinajstić information content (AvgIpc) is 2.34. The zero-order chi connectivity index (χ0) is 13.4. The van der Waals surface area contributed by atoms with Crippen LogP contribution in [0.15, 0.2) is 22.7 Å². The molecule has 1 rings (SSSR count). The van der Waals surface area contributed by atoms with Crippen molar-refractivity contribution in [3.05, 3.63) is 34.1 Å². The molecule has 0 bridgehead atoms. The molecule has 102 valence electrons. The molecule has 0 spiro atoms. The van der Waals surface area contributed by atoms with E-state index in [0.29, 0.717) is 10.5 Å². The van der Waals surface area contributed by atoms with E-state index in [0.717, 1.165) is 38.0 Å². The molecule has 2 nitrogen and oxygen atoms in total. The Morgan fingerprint density at radius 2 is 2.22 bits per heavy atom. The van der Waals surface area contributed by atoms with Crippen molar-refractivity contribution in [1.29, 1.82) is 0 Å². The largest absolute Gasteiger partial charge is 0.385 e. The van der Waals surface area contributed by atoms with E-state index in [-0.39, 0.29) is 5.82 Å². The van der Waals surface area contributed by atoms with Gasteiger partial charge in [0.05, 0.1) is 4.47 Å². The Morgan fingerprint density at radius 1 is 1.44 bits per heavy atom. The number of benzene rings is 1. The molecule has 0 heterocycles. The highest BCUT2D eigenvalue weighted by molar-refractivity contribution is 9.10. The molecule has 0 saturated heterocycles. The van der Waals surface area contributed by atoms with Crippen molar-refractivity contribution < 1.29 is 9.13 Å². The summed E-state index contributed by atoms with van der Waals surface area (Å²) in [5.74, 6) is -0.210. The van der Waals surface area contributed by atoms with Gasteiger partial charge in [-0.15, -0.1) is 0 Å². The van der Waals surface area contributed by atoms with Gasteiger partial charge in [0, 0.05) is 19.8 Å². The first kappa shape index (κ1) is 15.6. The van der Waals surface area contributed by atoms with Gasteiger partial charge < -0.3 is 10.1 Å². The highest BCUT2D eigenvalue weighted by Gasteiger charge is 2.09. The maximum atomic E-state index is 13.2. The third-order valence-electron chi connectivity index (χ3n) is 2.86. The Morgan fingerprint density at radius 3 is 2.83 bits per heavy atom. The normalized spacial score (nSPS) is 12.7. The molecular formula is C14H21BrFNO. The van der Waals surface area contributed by atoms with Gasteiger partial charge in [-0.05, 0) is 59.4 Å². The van der Waals surface area contributed by atoms with E-state index in [1.165, 1.54) is 6.07 Å². The average molecular weight is 318 g/mol. The lowest BCUT2D eigenvalue weighted by atomic mass is 10.0. The highest BCUT2D eigenvalue weighted by atomic mass is 79.9. The second-order valence-electron chi connectivity index (χ2n) is 4.34. The monoisotopic (exact) mass is 317 g/mol. The second kappa shape index (κ2) is 8.62. The van der Waals surface area contributed by atoms with Gasteiger partial charge in [-0.3, -0.25) is 0 Å². The summed E-state index contributed by atoms with van der Waals surface area (Å²) in [5, 5.41) is 3.46. The molecule has 1 unspecified atom stereocenters. The molecule has 0 amide bonds. The van der Waals surface area contributed by atoms with E-state index >= 15 is 0 Å². The van der Waals surface area contributed by atoms with Crippen LogP contribution in [0, 0.1) is 5.82 Å². The Labute approximate surface area is 117 Å². The lowest BCUT2D eigenvalue weighted by Gasteiger charge is -2.18. The van der Waals surface area contributed by atoms with Crippen molar-refractivity contribution in [2.75, 3.05) is 20.3 Å². The molecule has 0 radical (unpaired) electrons. The second-order valence-corrected chi connectivity index (χ2v) is 5.20. The first-order valence-corrected chi connectivity index (χ1v) is 7.13. The lowest BCUT2D eigenvalue weighted by Crippen LogP contribution is -2.31. The molecule has 0 aliphatic heterocycles. The van der Waals surface area contributed by atoms with Crippen molar-refractivity contribution in [1.82, 2.24) is 5.32 Å². The lowest BCUT2D eigenvalue weighted by molar-refractivity contribution is 0.188. The van der Waals surface area contributed by atoms with E-state index in [1.54, 1.807) is 7.11 Å². The van der Waals surface area contributed by atoms with Crippen LogP contribution in [0.1, 0.15) is 25.3 Å². The van der Waals surface area contributed by atoms with Gasteiger partial charge in [0.15, 0.2) is 0 Å². The molecule has 1 aromatic rings. The third-order valence-corrected chi connectivity index (χ3v) is 3.47. The van der Waals surface area contributed by atoms with Crippen molar-refractivity contribution in [3.8, 4) is 0 Å². The van der Waals surface area contributed by atoms with Crippen LogP contribution in [-0.2, 0) is 11.2 Å². The van der Waals surface area contributed by atoms with Crippen LogP contribution in [0.25, 0.3) is 0 Å². The van der Waals surface area contributed by atoms with Crippen LogP contribution < -0.4 is 5.32 Å². The summed E-state index contributed by atoms with van der Waals surface area (Å²) in [6.07, 6.45) is 3.02. The predicted octanol–water partition coefficient (Wildman–Crippen LogP) is 3.54. The Balaban J connectivity index is 2.55. The van der Waals surface area contributed by atoms with Crippen LogP contribution in [0.2, 0.25) is 0 Å². The summed E-state index contributed by atoms with van der Waals surface area (Å²) >= 11 is 3.22. The first-order valence-electron chi connectivity index (χ1n) is 6.33. The Hall–Kier alpha value is -0.450. The van der Waals surface area contributed by atoms with Crippen LogP contribution in [0.5, 0.6) is 0 Å². The molecular weight excluding hydrogens is 297 g/mol. The number of hydrogen-bond donors (Lipinski definition) is 1. The van der Waals surface area contributed by atoms with E-state index in [9.17, 15) is 4.39 Å². The van der Waals surface area contributed by atoms with Gasteiger partial charge in [-0.1, -0.05) is 13.0 Å². The molecule has 18 heavy (non-hydrogen) atoms. The standard InChI is InChI=1S/C14H21BrFNO/c1-3-17-12(5-4-8-18-2)9-11-6-7-14(16)13(15)10-11/h6-7,10,12,17H,3-5,8-9H2,1-2H3. The van der Waals surface area contributed by atoms with Crippen molar-refractivity contribution >= 4 is 15.9 Å². The van der Waals surface area contributed by atoms with E-state index in [4.69, 9.17) is 4.74 Å². The first-order chi connectivity index (χ1) is 8.67. The molecule has 1 N–H and O–H groups in total. The summed E-state index contributed by atoms with van der Waals surface area (Å²) in [7, 11) is 1.72. The number of ether oxygens (including phenoxy) is 1. The SMILES string of the molecule is CCNC(CCCOC)Cc1ccc(F)c(Br)c1. The van der Waals surface area contributed by atoms with Crippen LogP contribution in [-0.4, -0.2) is 26.3 Å². The van der Waals surface area contributed by atoms with Crippen molar-refractivity contribution in [2.24, 2.45) is 0 Å². The van der Waals surface area contributed by atoms with Gasteiger partial charge >= 0.3 is 0 Å². The summed E-state index contributed by atoms with van der Waals surface area (Å²) in [6.45, 7) is 3.83. The summed E-state index contributed by atoms with van der Waals surface area (Å²) in [5.41, 5.74) is 1.15. The van der Waals surface area contributed by atoms with E-state index in [2.05, 4.69) is 28.2 Å². The number of halogens is 2. The molecule has 4 heteroatoms. The molecule has 0 aliphatic rings. The number of nitrogens with one attached hydrogen (secondary N) is 1. The molecule has 1 atom stereocenters. The smallest absolute Gasteiger partial charge is 0.137 e. The minimum absolute atomic E-state index is 0.210. The van der Waals surface area contributed by atoms with E-state index < -0.39 is 0 Å².